The van der Waals surface area contributed by atoms with Crippen LogP contribution < -0.4 is 15.2 Å². The first-order valence-corrected chi connectivity index (χ1v) is 10.3. The Morgan fingerprint density at radius 3 is 2.42 bits per heavy atom. The van der Waals surface area contributed by atoms with E-state index in [9.17, 15) is 18.3 Å². The van der Waals surface area contributed by atoms with E-state index >= 15 is 0 Å². The van der Waals surface area contributed by atoms with Crippen LogP contribution in [0.2, 0.25) is 0 Å². The summed E-state index contributed by atoms with van der Waals surface area (Å²) < 4.78 is 51.7. The molecule has 10 heteroatoms. The predicted octanol–water partition coefficient (Wildman–Crippen LogP) is 4.24. The van der Waals surface area contributed by atoms with E-state index in [0.29, 0.717) is 23.8 Å². The molecule has 0 saturated heterocycles. The maximum atomic E-state index is 13.6. The van der Waals surface area contributed by atoms with Crippen molar-refractivity contribution < 1.29 is 27.8 Å². The minimum Gasteiger partial charge on any atom is -0.493 e. The maximum Gasteiger partial charge on any atom is 0.419 e. The lowest BCUT2D eigenvalue weighted by molar-refractivity contribution is -0.138. The van der Waals surface area contributed by atoms with Crippen molar-refractivity contribution >= 4 is 11.3 Å². The number of rotatable bonds is 9. The summed E-state index contributed by atoms with van der Waals surface area (Å²) in [5.41, 5.74) is 4.14. The number of aliphatic hydroxyl groups excluding tert-OH is 1. The van der Waals surface area contributed by atoms with E-state index in [2.05, 4.69) is 10.2 Å². The van der Waals surface area contributed by atoms with Gasteiger partial charge in [-0.2, -0.15) is 13.2 Å². The molecule has 6 nitrogen and oxygen atoms in total. The normalized spacial score (nSPS) is 13.6. The molecule has 166 valence electrons. The number of ether oxygens (including phenoxy) is 2. The van der Waals surface area contributed by atoms with Crippen molar-refractivity contribution in [3.05, 3.63) is 59.1 Å². The quantitative estimate of drug-likeness (QED) is 0.471. The summed E-state index contributed by atoms with van der Waals surface area (Å²) in [7, 11) is 0. The zero-order chi connectivity index (χ0) is 22.5. The number of aliphatic hydroxyl groups is 1. The molecule has 0 unspecified atom stereocenters. The molecular weight excluding hydrogens is 431 g/mol. The number of aromatic nitrogens is 2. The van der Waals surface area contributed by atoms with Gasteiger partial charge in [-0.15, -0.1) is 10.2 Å². The smallest absolute Gasteiger partial charge is 0.419 e. The van der Waals surface area contributed by atoms with E-state index < -0.39 is 17.3 Å². The number of para-hydroxylation sites is 1. The van der Waals surface area contributed by atoms with Crippen LogP contribution in [0.1, 0.15) is 23.9 Å². The van der Waals surface area contributed by atoms with Crippen molar-refractivity contribution in [2.24, 2.45) is 5.73 Å². The highest BCUT2D eigenvalue weighted by Gasteiger charge is 2.35. The van der Waals surface area contributed by atoms with Crippen molar-refractivity contribution in [2.75, 3.05) is 19.8 Å². The fraction of sp³-hybridized carbons (Fsp3) is 0.333. The topological polar surface area (TPSA) is 90.5 Å². The molecule has 0 radical (unpaired) electrons. The third-order valence-electron chi connectivity index (χ3n) is 4.33. The van der Waals surface area contributed by atoms with Crippen LogP contribution in [0.3, 0.4) is 0 Å². The number of halogens is 3. The van der Waals surface area contributed by atoms with Crippen molar-refractivity contribution in [1.29, 1.82) is 0 Å². The first kappa shape index (κ1) is 23.0. The zero-order valence-corrected chi connectivity index (χ0v) is 17.5. The van der Waals surface area contributed by atoms with Gasteiger partial charge in [-0.05, 0) is 37.3 Å². The number of nitrogens with two attached hydrogens (primary N) is 1. The van der Waals surface area contributed by atoms with E-state index in [0.717, 1.165) is 17.4 Å². The summed E-state index contributed by atoms with van der Waals surface area (Å²) in [5, 5.41) is 17.8. The predicted molar refractivity (Wildman–Crippen MR) is 111 cm³/mol. The van der Waals surface area contributed by atoms with Crippen LogP contribution >= 0.6 is 11.3 Å². The first-order chi connectivity index (χ1) is 14.7. The van der Waals surface area contributed by atoms with Gasteiger partial charge in [0.25, 0.3) is 0 Å². The number of hydrogen-bond acceptors (Lipinski definition) is 7. The summed E-state index contributed by atoms with van der Waals surface area (Å²) in [4.78, 5) is 0. The standard InChI is InChI=1S/C21H22F3N3O3S/c1-20(25,13-28)19-27-26-18(31-19)14-8-9-17(16(12-14)21(22,23)24)30-11-5-10-29-15-6-3-2-4-7-15/h2-4,6-9,12,28H,5,10-11,13,25H2,1H3/t20-/m0/s1. The minimum absolute atomic E-state index is 0.0697. The molecule has 3 rings (SSSR count). The fourth-order valence-corrected chi connectivity index (χ4v) is 3.49. The molecule has 0 amide bonds. The summed E-state index contributed by atoms with van der Waals surface area (Å²) in [6.45, 7) is 1.59. The highest BCUT2D eigenvalue weighted by molar-refractivity contribution is 7.14. The molecule has 0 aliphatic heterocycles. The SMILES string of the molecule is C[C@](N)(CO)c1nnc(-c2ccc(OCCCOc3ccccc3)c(C(F)(F)F)c2)s1. The largest absolute Gasteiger partial charge is 0.493 e. The monoisotopic (exact) mass is 453 g/mol. The lowest BCUT2D eigenvalue weighted by atomic mass is 10.1. The van der Waals surface area contributed by atoms with Crippen molar-refractivity contribution in [2.45, 2.75) is 25.1 Å². The van der Waals surface area contributed by atoms with Gasteiger partial charge < -0.3 is 20.3 Å². The van der Waals surface area contributed by atoms with Gasteiger partial charge in [-0.25, -0.2) is 0 Å². The summed E-state index contributed by atoms with van der Waals surface area (Å²) in [5.74, 6) is 0.425. The Bertz CT molecular complexity index is 994. The lowest BCUT2D eigenvalue weighted by Gasteiger charge is -2.17. The minimum atomic E-state index is -4.60. The van der Waals surface area contributed by atoms with Crippen LogP contribution in [0.25, 0.3) is 10.6 Å². The van der Waals surface area contributed by atoms with Crippen molar-refractivity contribution in [1.82, 2.24) is 10.2 Å². The van der Waals surface area contributed by atoms with Crippen LogP contribution in [0.4, 0.5) is 13.2 Å². The van der Waals surface area contributed by atoms with Gasteiger partial charge in [0.05, 0.1) is 30.9 Å². The van der Waals surface area contributed by atoms with Crippen LogP contribution in [-0.4, -0.2) is 35.1 Å². The number of nitrogens with zero attached hydrogens (tertiary/aromatic N) is 2. The molecule has 2 aromatic carbocycles. The Kier molecular flexibility index (Phi) is 7.14. The molecular formula is C21H22F3N3O3S. The van der Waals surface area contributed by atoms with Crippen LogP contribution in [0, 0.1) is 0 Å². The van der Waals surface area contributed by atoms with Crippen LogP contribution in [0.15, 0.2) is 48.5 Å². The molecule has 0 fully saturated rings. The Labute approximate surface area is 181 Å². The average molecular weight is 453 g/mol. The highest BCUT2D eigenvalue weighted by atomic mass is 32.1. The Balaban J connectivity index is 1.69. The van der Waals surface area contributed by atoms with Gasteiger partial charge >= 0.3 is 6.18 Å². The zero-order valence-electron chi connectivity index (χ0n) is 16.7. The number of alkyl halides is 3. The molecule has 3 aromatic rings. The summed E-state index contributed by atoms with van der Waals surface area (Å²) in [6.07, 6.45) is -4.18. The lowest BCUT2D eigenvalue weighted by Crippen LogP contribution is -2.36. The second kappa shape index (κ2) is 9.63. The van der Waals surface area contributed by atoms with Gasteiger partial charge in [-0.1, -0.05) is 29.5 Å². The number of hydrogen-bond donors (Lipinski definition) is 2. The van der Waals surface area contributed by atoms with E-state index in [-0.39, 0.29) is 29.5 Å². The van der Waals surface area contributed by atoms with Gasteiger partial charge in [0.1, 0.15) is 21.5 Å². The molecule has 0 aliphatic rings. The molecule has 3 N–H and O–H groups in total. The van der Waals surface area contributed by atoms with E-state index in [1.54, 1.807) is 19.1 Å². The molecule has 31 heavy (non-hydrogen) atoms. The highest BCUT2D eigenvalue weighted by Crippen LogP contribution is 2.39. The van der Waals surface area contributed by atoms with Gasteiger partial charge in [0, 0.05) is 12.0 Å². The summed E-state index contributed by atoms with van der Waals surface area (Å²) >= 11 is 1.03. The van der Waals surface area contributed by atoms with Gasteiger partial charge in [-0.3, -0.25) is 0 Å². The first-order valence-electron chi connectivity index (χ1n) is 9.47. The molecule has 0 bridgehead atoms. The van der Waals surface area contributed by atoms with E-state index in [1.807, 2.05) is 18.2 Å². The Hall–Kier alpha value is -2.69. The van der Waals surface area contributed by atoms with Crippen molar-refractivity contribution in [3.63, 3.8) is 0 Å². The molecule has 1 heterocycles. The second-order valence-corrected chi connectivity index (χ2v) is 8.04. The number of benzene rings is 2. The molecule has 0 spiro atoms. The third kappa shape index (κ3) is 5.93. The second-order valence-electron chi connectivity index (χ2n) is 7.06. The van der Waals surface area contributed by atoms with Crippen molar-refractivity contribution in [3.8, 4) is 22.1 Å². The average Bonchev–Trinajstić information content (AvgIpc) is 3.25. The summed E-state index contributed by atoms with van der Waals surface area (Å²) in [6, 6.07) is 12.9. The van der Waals surface area contributed by atoms with Gasteiger partial charge in [0.2, 0.25) is 0 Å². The van der Waals surface area contributed by atoms with E-state index in [4.69, 9.17) is 15.2 Å². The van der Waals surface area contributed by atoms with E-state index in [1.165, 1.54) is 12.1 Å². The molecule has 0 aliphatic carbocycles. The maximum absolute atomic E-state index is 13.6. The van der Waals surface area contributed by atoms with Crippen LogP contribution in [0.5, 0.6) is 11.5 Å². The Morgan fingerprint density at radius 2 is 1.74 bits per heavy atom. The molecule has 1 atom stereocenters. The fourth-order valence-electron chi connectivity index (χ4n) is 2.60. The van der Waals surface area contributed by atoms with Crippen LogP contribution in [-0.2, 0) is 11.7 Å². The van der Waals surface area contributed by atoms with Gasteiger partial charge in [0.15, 0.2) is 0 Å². The molecule has 0 saturated carbocycles. The molecule has 1 aromatic heterocycles. The Morgan fingerprint density at radius 1 is 1.03 bits per heavy atom. The third-order valence-corrected chi connectivity index (χ3v) is 5.58.